The minimum absolute atomic E-state index is 0.0604. The summed E-state index contributed by atoms with van der Waals surface area (Å²) in [4.78, 5) is 0. The standard InChI is InChI=1S/C12H27NO3/c1-5-9(2)12(4,6-10(3)13)16-8-11(15)7-14/h9-11,14-15H,5-8,13H2,1-4H3. The second kappa shape index (κ2) is 7.22. The molecule has 0 aromatic rings. The minimum Gasteiger partial charge on any atom is -0.394 e. The average Bonchev–Trinajstić information content (AvgIpc) is 2.23. The number of nitrogens with two attached hydrogens (primary N) is 1. The Balaban J connectivity index is 4.41. The number of aliphatic hydroxyl groups excluding tert-OH is 2. The molecule has 0 aliphatic heterocycles. The Hall–Kier alpha value is -0.160. The zero-order chi connectivity index (χ0) is 12.8. The van der Waals surface area contributed by atoms with Crippen LogP contribution in [0.4, 0.5) is 0 Å². The summed E-state index contributed by atoms with van der Waals surface area (Å²) in [5.74, 6) is 0.365. The summed E-state index contributed by atoms with van der Waals surface area (Å²) in [5, 5.41) is 18.1. The van der Waals surface area contributed by atoms with Crippen molar-refractivity contribution in [2.24, 2.45) is 11.7 Å². The van der Waals surface area contributed by atoms with E-state index < -0.39 is 6.10 Å². The first-order valence-electron chi connectivity index (χ1n) is 6.04. The maximum Gasteiger partial charge on any atom is 0.100 e. The summed E-state index contributed by atoms with van der Waals surface area (Å²) in [6, 6.07) is 0.0604. The summed E-state index contributed by atoms with van der Waals surface area (Å²) in [6.45, 7) is 8.09. The van der Waals surface area contributed by atoms with Gasteiger partial charge in [0.15, 0.2) is 0 Å². The number of rotatable bonds is 8. The van der Waals surface area contributed by atoms with E-state index in [1.165, 1.54) is 0 Å². The Bertz CT molecular complexity index is 187. The molecule has 0 bridgehead atoms. The molecular formula is C12H27NO3. The first-order valence-corrected chi connectivity index (χ1v) is 6.04. The van der Waals surface area contributed by atoms with E-state index in [-0.39, 0.29) is 24.9 Å². The predicted octanol–water partition coefficient (Wildman–Crippen LogP) is 0.898. The van der Waals surface area contributed by atoms with Gasteiger partial charge in [-0.05, 0) is 26.2 Å². The van der Waals surface area contributed by atoms with Crippen LogP contribution in [0.3, 0.4) is 0 Å². The van der Waals surface area contributed by atoms with Crippen LogP contribution in [-0.4, -0.2) is 41.2 Å². The Morgan fingerprint density at radius 3 is 2.31 bits per heavy atom. The Morgan fingerprint density at radius 1 is 1.38 bits per heavy atom. The molecular weight excluding hydrogens is 206 g/mol. The molecule has 0 spiro atoms. The largest absolute Gasteiger partial charge is 0.394 e. The van der Waals surface area contributed by atoms with Gasteiger partial charge in [-0.2, -0.15) is 0 Å². The molecule has 0 aliphatic carbocycles. The highest BCUT2D eigenvalue weighted by Crippen LogP contribution is 2.29. The molecule has 0 aromatic heterocycles. The van der Waals surface area contributed by atoms with Crippen LogP contribution in [0.2, 0.25) is 0 Å². The van der Waals surface area contributed by atoms with Crippen molar-refractivity contribution in [1.29, 1.82) is 0 Å². The molecule has 0 saturated carbocycles. The zero-order valence-corrected chi connectivity index (χ0v) is 10.9. The third-order valence-corrected chi connectivity index (χ3v) is 3.20. The van der Waals surface area contributed by atoms with Crippen LogP contribution in [0.1, 0.15) is 40.5 Å². The van der Waals surface area contributed by atoms with E-state index in [4.69, 9.17) is 15.6 Å². The van der Waals surface area contributed by atoms with Gasteiger partial charge < -0.3 is 20.7 Å². The summed E-state index contributed by atoms with van der Waals surface area (Å²) >= 11 is 0. The van der Waals surface area contributed by atoms with Gasteiger partial charge in [-0.3, -0.25) is 0 Å². The van der Waals surface area contributed by atoms with Crippen molar-refractivity contribution in [3.8, 4) is 0 Å². The van der Waals surface area contributed by atoms with Crippen LogP contribution in [0.15, 0.2) is 0 Å². The lowest BCUT2D eigenvalue weighted by atomic mass is 9.83. The molecule has 4 atom stereocenters. The van der Waals surface area contributed by atoms with Gasteiger partial charge in [0.05, 0.1) is 18.8 Å². The summed E-state index contributed by atoms with van der Waals surface area (Å²) in [5.41, 5.74) is 5.48. The summed E-state index contributed by atoms with van der Waals surface area (Å²) in [6.07, 6.45) is 0.940. The Kier molecular flexibility index (Phi) is 7.15. The molecule has 0 aliphatic rings. The highest BCUT2D eigenvalue weighted by Gasteiger charge is 2.32. The van der Waals surface area contributed by atoms with Gasteiger partial charge in [-0.25, -0.2) is 0 Å². The molecule has 0 fully saturated rings. The van der Waals surface area contributed by atoms with Gasteiger partial charge in [0.25, 0.3) is 0 Å². The summed E-state index contributed by atoms with van der Waals surface area (Å²) in [7, 11) is 0. The van der Waals surface area contributed by atoms with Gasteiger partial charge in [-0.15, -0.1) is 0 Å². The van der Waals surface area contributed by atoms with E-state index in [1.807, 2.05) is 13.8 Å². The van der Waals surface area contributed by atoms with Crippen LogP contribution in [0, 0.1) is 5.92 Å². The molecule has 16 heavy (non-hydrogen) atoms. The Morgan fingerprint density at radius 2 is 1.94 bits per heavy atom. The monoisotopic (exact) mass is 233 g/mol. The topological polar surface area (TPSA) is 75.7 Å². The van der Waals surface area contributed by atoms with Crippen LogP contribution in [0.5, 0.6) is 0 Å². The van der Waals surface area contributed by atoms with Crippen molar-refractivity contribution in [2.45, 2.75) is 58.3 Å². The van der Waals surface area contributed by atoms with E-state index in [0.717, 1.165) is 12.8 Å². The summed E-state index contributed by atoms with van der Waals surface area (Å²) < 4.78 is 5.76. The number of hydrogen-bond donors (Lipinski definition) is 3. The van der Waals surface area contributed by atoms with Crippen LogP contribution in [0.25, 0.3) is 0 Å². The van der Waals surface area contributed by atoms with Gasteiger partial charge in [0.1, 0.15) is 6.10 Å². The van der Waals surface area contributed by atoms with E-state index in [1.54, 1.807) is 0 Å². The first kappa shape index (κ1) is 15.8. The zero-order valence-electron chi connectivity index (χ0n) is 10.9. The molecule has 0 aromatic carbocycles. The molecule has 4 heteroatoms. The smallest absolute Gasteiger partial charge is 0.100 e. The van der Waals surface area contributed by atoms with Crippen LogP contribution < -0.4 is 5.73 Å². The van der Waals surface area contributed by atoms with Gasteiger partial charge >= 0.3 is 0 Å². The third-order valence-electron chi connectivity index (χ3n) is 3.20. The maximum atomic E-state index is 9.30. The molecule has 0 rings (SSSR count). The van der Waals surface area contributed by atoms with Gasteiger partial charge in [-0.1, -0.05) is 20.3 Å². The second-order valence-electron chi connectivity index (χ2n) is 4.95. The minimum atomic E-state index is -0.809. The Labute approximate surface area is 98.8 Å². The second-order valence-corrected chi connectivity index (χ2v) is 4.95. The SMILES string of the molecule is CCC(C)C(C)(CC(C)N)OCC(O)CO. The van der Waals surface area contributed by atoms with E-state index in [2.05, 4.69) is 13.8 Å². The van der Waals surface area contributed by atoms with E-state index in [9.17, 15) is 5.11 Å². The molecule has 4 unspecified atom stereocenters. The lowest BCUT2D eigenvalue weighted by Crippen LogP contribution is -2.43. The fourth-order valence-corrected chi connectivity index (χ4v) is 1.81. The predicted molar refractivity (Wildman–Crippen MR) is 65.2 cm³/mol. The number of hydrogen-bond acceptors (Lipinski definition) is 4. The van der Waals surface area contributed by atoms with Crippen LogP contribution >= 0.6 is 0 Å². The third kappa shape index (κ3) is 5.25. The lowest BCUT2D eigenvalue weighted by Gasteiger charge is -2.37. The molecule has 4 nitrogen and oxygen atoms in total. The maximum absolute atomic E-state index is 9.30. The normalized spacial score (nSPS) is 21.2. The van der Waals surface area contributed by atoms with E-state index >= 15 is 0 Å². The van der Waals surface area contributed by atoms with Crippen molar-refractivity contribution < 1.29 is 14.9 Å². The van der Waals surface area contributed by atoms with E-state index in [0.29, 0.717) is 5.92 Å². The first-order chi connectivity index (χ1) is 7.35. The van der Waals surface area contributed by atoms with Crippen molar-refractivity contribution in [3.63, 3.8) is 0 Å². The molecule has 0 amide bonds. The fraction of sp³-hybridized carbons (Fsp3) is 1.00. The molecule has 98 valence electrons. The molecule has 0 saturated heterocycles. The molecule has 4 N–H and O–H groups in total. The van der Waals surface area contributed by atoms with Crippen molar-refractivity contribution >= 4 is 0 Å². The van der Waals surface area contributed by atoms with Gasteiger partial charge in [0, 0.05) is 6.04 Å². The highest BCUT2D eigenvalue weighted by molar-refractivity contribution is 4.84. The molecule has 0 heterocycles. The van der Waals surface area contributed by atoms with Gasteiger partial charge in [0.2, 0.25) is 0 Å². The average molecular weight is 233 g/mol. The number of aliphatic hydroxyl groups is 2. The highest BCUT2D eigenvalue weighted by atomic mass is 16.5. The van der Waals surface area contributed by atoms with Crippen LogP contribution in [-0.2, 0) is 4.74 Å². The van der Waals surface area contributed by atoms with Crippen molar-refractivity contribution in [2.75, 3.05) is 13.2 Å². The lowest BCUT2D eigenvalue weighted by molar-refractivity contribution is -0.112. The van der Waals surface area contributed by atoms with Crippen molar-refractivity contribution in [1.82, 2.24) is 0 Å². The molecule has 0 radical (unpaired) electrons. The van der Waals surface area contributed by atoms with Crippen molar-refractivity contribution in [3.05, 3.63) is 0 Å². The fourth-order valence-electron chi connectivity index (χ4n) is 1.81. The quantitative estimate of drug-likeness (QED) is 0.582. The number of ether oxygens (including phenoxy) is 1.